The van der Waals surface area contributed by atoms with E-state index in [1.54, 1.807) is 6.92 Å². The van der Waals surface area contributed by atoms with Crippen molar-refractivity contribution >= 4 is 29.3 Å². The van der Waals surface area contributed by atoms with Gasteiger partial charge in [0.2, 0.25) is 0 Å². The number of nitrogens with one attached hydrogen (secondary N) is 3. The zero-order chi connectivity index (χ0) is 11.8. The van der Waals surface area contributed by atoms with Crippen LogP contribution in [0.2, 0.25) is 0 Å². The van der Waals surface area contributed by atoms with E-state index in [2.05, 4.69) is 16.2 Å². The summed E-state index contributed by atoms with van der Waals surface area (Å²) in [5.74, 6) is 0. The molecule has 0 heterocycles. The van der Waals surface area contributed by atoms with Gasteiger partial charge in [0.05, 0.1) is 0 Å². The van der Waals surface area contributed by atoms with Gasteiger partial charge in [0.25, 0.3) is 0 Å². The molecule has 0 saturated carbocycles. The first-order valence-electron chi connectivity index (χ1n) is 4.72. The molecule has 16 heavy (non-hydrogen) atoms. The fourth-order valence-electron chi connectivity index (χ4n) is 0.983. The third-order valence-electron chi connectivity index (χ3n) is 1.72. The van der Waals surface area contributed by atoms with Crippen LogP contribution in [-0.2, 0) is 4.79 Å². The molecular formula is C11H13N3OS. The van der Waals surface area contributed by atoms with E-state index in [0.29, 0.717) is 17.1 Å². The predicted molar refractivity (Wildman–Crippen MR) is 68.8 cm³/mol. The third-order valence-corrected chi connectivity index (χ3v) is 1.93. The molecule has 0 spiro atoms. The summed E-state index contributed by atoms with van der Waals surface area (Å²) in [6.07, 6.45) is 2.11. The smallest absolute Gasteiger partial charge is 0.189 e. The van der Waals surface area contributed by atoms with Gasteiger partial charge in [-0.1, -0.05) is 18.2 Å². The Labute approximate surface area is 99.7 Å². The van der Waals surface area contributed by atoms with Gasteiger partial charge < -0.3 is 10.7 Å². The lowest BCUT2D eigenvalue weighted by atomic mass is 10.3. The van der Waals surface area contributed by atoms with E-state index < -0.39 is 0 Å². The molecule has 1 rings (SSSR count). The largest absolute Gasteiger partial charge is 0.331 e. The standard InChI is InChI=1S/C11H13N3OS/c1-9(7-8-15)13-14-11(16)12-10-5-3-2-4-6-10/h2-8,13H,1H3,(H2,12,14,16)/b9-7+. The number of carbonyl (C=O) groups excluding carboxylic acids is 1. The molecule has 0 unspecified atom stereocenters. The van der Waals surface area contributed by atoms with Crippen molar-refractivity contribution < 1.29 is 4.79 Å². The molecule has 0 bridgehead atoms. The minimum atomic E-state index is 0.435. The minimum Gasteiger partial charge on any atom is -0.331 e. The highest BCUT2D eigenvalue weighted by Crippen LogP contribution is 2.03. The maximum Gasteiger partial charge on any atom is 0.189 e. The number of rotatable bonds is 4. The number of allylic oxidation sites excluding steroid dienone is 2. The number of carbonyl (C=O) groups is 1. The molecule has 1 aromatic carbocycles. The van der Waals surface area contributed by atoms with Crippen LogP contribution in [0.15, 0.2) is 42.1 Å². The second kappa shape index (κ2) is 6.58. The van der Waals surface area contributed by atoms with E-state index in [0.717, 1.165) is 5.69 Å². The van der Waals surface area contributed by atoms with Crippen molar-refractivity contribution in [2.24, 2.45) is 0 Å². The average molecular weight is 235 g/mol. The molecule has 3 N–H and O–H groups in total. The maximum atomic E-state index is 10.2. The fraction of sp³-hybridized carbons (Fsp3) is 0.0909. The van der Waals surface area contributed by atoms with Crippen molar-refractivity contribution in [3.63, 3.8) is 0 Å². The summed E-state index contributed by atoms with van der Waals surface area (Å²) in [5, 5.41) is 3.42. The highest BCUT2D eigenvalue weighted by molar-refractivity contribution is 7.80. The Balaban J connectivity index is 2.37. The number of aldehydes is 1. The minimum absolute atomic E-state index is 0.435. The number of para-hydroxylation sites is 1. The maximum absolute atomic E-state index is 10.2. The zero-order valence-corrected chi connectivity index (χ0v) is 9.67. The van der Waals surface area contributed by atoms with Crippen LogP contribution < -0.4 is 16.2 Å². The number of thiocarbonyl (C=S) groups is 1. The number of anilines is 1. The summed E-state index contributed by atoms with van der Waals surface area (Å²) in [4.78, 5) is 10.2. The van der Waals surface area contributed by atoms with E-state index >= 15 is 0 Å². The highest BCUT2D eigenvalue weighted by atomic mass is 32.1. The Morgan fingerprint density at radius 1 is 1.25 bits per heavy atom. The van der Waals surface area contributed by atoms with Gasteiger partial charge in [-0.15, -0.1) is 0 Å². The van der Waals surface area contributed by atoms with Crippen molar-refractivity contribution in [3.05, 3.63) is 42.1 Å². The Kier molecular flexibility index (Phi) is 5.01. The molecule has 0 aliphatic carbocycles. The highest BCUT2D eigenvalue weighted by Gasteiger charge is 1.95. The van der Waals surface area contributed by atoms with E-state index in [4.69, 9.17) is 12.2 Å². The lowest BCUT2D eigenvalue weighted by Crippen LogP contribution is -2.39. The van der Waals surface area contributed by atoms with Crippen LogP contribution in [0.4, 0.5) is 5.69 Å². The average Bonchev–Trinajstić information content (AvgIpc) is 2.28. The monoisotopic (exact) mass is 235 g/mol. The van der Waals surface area contributed by atoms with Gasteiger partial charge in [0.15, 0.2) is 5.11 Å². The molecule has 0 atom stereocenters. The molecule has 0 fully saturated rings. The van der Waals surface area contributed by atoms with Crippen LogP contribution in [-0.4, -0.2) is 11.4 Å². The zero-order valence-electron chi connectivity index (χ0n) is 8.86. The van der Waals surface area contributed by atoms with Gasteiger partial charge in [0, 0.05) is 11.4 Å². The molecule has 0 aliphatic rings. The van der Waals surface area contributed by atoms with Gasteiger partial charge in [-0.05, 0) is 37.4 Å². The van der Waals surface area contributed by atoms with Crippen molar-refractivity contribution in [3.8, 4) is 0 Å². The number of hydrogen-bond acceptors (Lipinski definition) is 3. The number of hydrazine groups is 1. The summed E-state index contributed by atoms with van der Waals surface area (Å²) < 4.78 is 0. The summed E-state index contributed by atoms with van der Waals surface area (Å²) >= 11 is 5.04. The molecule has 0 radical (unpaired) electrons. The predicted octanol–water partition coefficient (Wildman–Crippen LogP) is 1.58. The molecular weight excluding hydrogens is 222 g/mol. The summed E-state index contributed by atoms with van der Waals surface area (Å²) in [6.45, 7) is 1.76. The third kappa shape index (κ3) is 4.56. The first-order valence-corrected chi connectivity index (χ1v) is 5.13. The van der Waals surface area contributed by atoms with Crippen LogP contribution >= 0.6 is 12.2 Å². The van der Waals surface area contributed by atoms with E-state index in [1.165, 1.54) is 6.08 Å². The quantitative estimate of drug-likeness (QED) is 0.320. The van der Waals surface area contributed by atoms with Gasteiger partial charge in [-0.25, -0.2) is 0 Å². The molecule has 0 aliphatic heterocycles. The first-order chi connectivity index (χ1) is 7.72. The van der Waals surface area contributed by atoms with Gasteiger partial charge in [-0.3, -0.25) is 10.2 Å². The molecule has 84 valence electrons. The SMILES string of the molecule is C/C(=C\C=O)NNC(=S)Nc1ccccc1. The van der Waals surface area contributed by atoms with Crippen molar-refractivity contribution in [2.45, 2.75) is 6.92 Å². The van der Waals surface area contributed by atoms with Crippen molar-refractivity contribution in [2.75, 3.05) is 5.32 Å². The molecule has 5 heteroatoms. The molecule has 0 aromatic heterocycles. The van der Waals surface area contributed by atoms with Gasteiger partial charge in [0.1, 0.15) is 6.29 Å². The Morgan fingerprint density at radius 2 is 1.94 bits per heavy atom. The fourth-order valence-corrected chi connectivity index (χ4v) is 1.15. The van der Waals surface area contributed by atoms with Crippen molar-refractivity contribution in [1.82, 2.24) is 10.9 Å². The van der Waals surface area contributed by atoms with E-state index in [-0.39, 0.29) is 0 Å². The van der Waals surface area contributed by atoms with Gasteiger partial charge >= 0.3 is 0 Å². The first kappa shape index (κ1) is 12.2. The summed E-state index contributed by atoms with van der Waals surface area (Å²) in [5.41, 5.74) is 7.13. The van der Waals surface area contributed by atoms with Crippen LogP contribution in [0, 0.1) is 0 Å². The second-order valence-electron chi connectivity index (χ2n) is 3.06. The lowest BCUT2D eigenvalue weighted by molar-refractivity contribution is -0.104. The summed E-state index contributed by atoms with van der Waals surface area (Å²) in [7, 11) is 0. The second-order valence-corrected chi connectivity index (χ2v) is 3.46. The van der Waals surface area contributed by atoms with Crippen LogP contribution in [0.5, 0.6) is 0 Å². The van der Waals surface area contributed by atoms with Crippen LogP contribution in [0.25, 0.3) is 0 Å². The van der Waals surface area contributed by atoms with Crippen LogP contribution in [0.3, 0.4) is 0 Å². The molecule has 0 amide bonds. The number of benzene rings is 1. The van der Waals surface area contributed by atoms with Gasteiger partial charge in [-0.2, -0.15) is 0 Å². The van der Waals surface area contributed by atoms with E-state index in [9.17, 15) is 4.79 Å². The Morgan fingerprint density at radius 3 is 2.56 bits per heavy atom. The summed E-state index contributed by atoms with van der Waals surface area (Å²) in [6, 6.07) is 9.56. The number of hydrogen-bond donors (Lipinski definition) is 3. The molecule has 1 aromatic rings. The molecule has 0 saturated heterocycles. The lowest BCUT2D eigenvalue weighted by Gasteiger charge is -2.12. The Hall–Kier alpha value is -1.88. The topological polar surface area (TPSA) is 53.2 Å². The normalized spacial score (nSPS) is 10.4. The molecule has 4 nitrogen and oxygen atoms in total. The Bertz CT molecular complexity index is 389. The van der Waals surface area contributed by atoms with Crippen LogP contribution in [0.1, 0.15) is 6.92 Å². The van der Waals surface area contributed by atoms with E-state index in [1.807, 2.05) is 30.3 Å². The van der Waals surface area contributed by atoms with Crippen molar-refractivity contribution in [1.29, 1.82) is 0 Å².